The predicted molar refractivity (Wildman–Crippen MR) is 111 cm³/mol. The third-order valence-corrected chi connectivity index (χ3v) is 6.97. The third-order valence-electron chi connectivity index (χ3n) is 6.97. The second kappa shape index (κ2) is 8.04. The molecule has 2 aliphatic heterocycles. The molecule has 1 saturated carbocycles. The van der Waals surface area contributed by atoms with Crippen molar-refractivity contribution in [2.75, 3.05) is 19.8 Å². The molecule has 3 aliphatic rings. The van der Waals surface area contributed by atoms with Gasteiger partial charge in [0.05, 0.1) is 18.7 Å². The van der Waals surface area contributed by atoms with Crippen molar-refractivity contribution in [1.29, 1.82) is 0 Å². The second-order valence-corrected chi connectivity index (χ2v) is 8.89. The van der Waals surface area contributed by atoms with Crippen molar-refractivity contribution in [2.24, 2.45) is 11.8 Å². The van der Waals surface area contributed by atoms with E-state index in [9.17, 15) is 4.79 Å². The lowest BCUT2D eigenvalue weighted by Crippen LogP contribution is -2.47. The highest BCUT2D eigenvalue weighted by Gasteiger charge is 2.45. The molecule has 0 unspecified atom stereocenters. The Labute approximate surface area is 172 Å². The Balaban J connectivity index is 1.46. The van der Waals surface area contributed by atoms with Gasteiger partial charge in [-0.25, -0.2) is 0 Å². The van der Waals surface area contributed by atoms with Crippen molar-refractivity contribution in [3.8, 4) is 0 Å². The standard InChI is InChI=1S/C24H30N2O3/c1-16-12-17(20-8-4-5-9-22(20)25-16)13-26(19-6-2-3-7-19)24(27)23-21-10-11-28-14-18(21)15-29-23/h4-5,8-9,12,18-19,21,23H,2-3,6-7,10-11,13-15H2,1H3/t18-,21+,23-/m1/s1. The highest BCUT2D eigenvalue weighted by molar-refractivity contribution is 5.85. The highest BCUT2D eigenvalue weighted by Crippen LogP contribution is 2.36. The van der Waals surface area contributed by atoms with Gasteiger partial charge in [-0.3, -0.25) is 9.78 Å². The largest absolute Gasteiger partial charge is 0.381 e. The molecule has 1 aliphatic carbocycles. The van der Waals surface area contributed by atoms with Gasteiger partial charge >= 0.3 is 0 Å². The van der Waals surface area contributed by atoms with Gasteiger partial charge in [-0.1, -0.05) is 31.0 Å². The number of nitrogens with zero attached hydrogens (tertiary/aromatic N) is 2. The maximum atomic E-state index is 13.8. The summed E-state index contributed by atoms with van der Waals surface area (Å²) in [4.78, 5) is 20.6. The van der Waals surface area contributed by atoms with Crippen LogP contribution in [0.2, 0.25) is 0 Å². The quantitative estimate of drug-likeness (QED) is 0.790. The Hall–Kier alpha value is -1.98. The zero-order valence-corrected chi connectivity index (χ0v) is 17.2. The third kappa shape index (κ3) is 3.66. The SMILES string of the molecule is Cc1cc(CN(C(=O)[C@@H]2OC[C@H]3COCC[C@@H]32)C2CCCC2)c2ccccc2n1. The summed E-state index contributed by atoms with van der Waals surface area (Å²) in [6.07, 6.45) is 5.22. The van der Waals surface area contributed by atoms with Crippen LogP contribution in [-0.4, -0.2) is 47.8 Å². The lowest BCUT2D eigenvalue weighted by molar-refractivity contribution is -0.146. The average Bonchev–Trinajstić information content (AvgIpc) is 3.41. The Morgan fingerprint density at radius 3 is 2.86 bits per heavy atom. The van der Waals surface area contributed by atoms with Crippen LogP contribution in [0.4, 0.5) is 0 Å². The summed E-state index contributed by atoms with van der Waals surface area (Å²) in [5, 5.41) is 1.14. The fourth-order valence-electron chi connectivity index (χ4n) is 5.46. The molecule has 0 N–H and O–H groups in total. The first-order valence-corrected chi connectivity index (χ1v) is 11.1. The van der Waals surface area contributed by atoms with Crippen LogP contribution in [-0.2, 0) is 20.8 Å². The molecular formula is C24H30N2O3. The first-order valence-electron chi connectivity index (χ1n) is 11.1. The number of rotatable bonds is 4. The minimum Gasteiger partial charge on any atom is -0.381 e. The van der Waals surface area contributed by atoms with Crippen molar-refractivity contribution < 1.29 is 14.3 Å². The molecule has 0 radical (unpaired) electrons. The number of hydrogen-bond acceptors (Lipinski definition) is 4. The summed E-state index contributed by atoms with van der Waals surface area (Å²) in [5.41, 5.74) is 3.19. The lowest BCUT2D eigenvalue weighted by Gasteiger charge is -2.34. The number of fused-ring (bicyclic) bond motifs is 2. The van der Waals surface area contributed by atoms with E-state index in [1.165, 1.54) is 18.4 Å². The minimum atomic E-state index is -0.307. The second-order valence-electron chi connectivity index (χ2n) is 8.89. The van der Waals surface area contributed by atoms with Crippen LogP contribution in [0, 0.1) is 18.8 Å². The fraction of sp³-hybridized carbons (Fsp3) is 0.583. The van der Waals surface area contributed by atoms with Crippen LogP contribution in [0.1, 0.15) is 43.4 Å². The van der Waals surface area contributed by atoms with Crippen LogP contribution >= 0.6 is 0 Å². The first kappa shape index (κ1) is 19.0. The molecule has 154 valence electrons. The number of pyridine rings is 1. The van der Waals surface area contributed by atoms with E-state index in [4.69, 9.17) is 9.47 Å². The van der Waals surface area contributed by atoms with E-state index < -0.39 is 0 Å². The molecule has 0 spiro atoms. The molecule has 3 heterocycles. The number of aromatic nitrogens is 1. The normalized spacial score (nSPS) is 27.3. The van der Waals surface area contributed by atoms with Crippen molar-refractivity contribution >= 4 is 16.8 Å². The molecule has 2 aromatic rings. The van der Waals surface area contributed by atoms with Gasteiger partial charge in [0.15, 0.2) is 0 Å². The maximum Gasteiger partial charge on any atom is 0.252 e. The fourth-order valence-corrected chi connectivity index (χ4v) is 5.46. The van der Waals surface area contributed by atoms with E-state index in [1.54, 1.807) is 0 Å². The van der Waals surface area contributed by atoms with E-state index >= 15 is 0 Å². The van der Waals surface area contributed by atoms with E-state index in [0.717, 1.165) is 49.1 Å². The van der Waals surface area contributed by atoms with Crippen LogP contribution in [0.15, 0.2) is 30.3 Å². The smallest absolute Gasteiger partial charge is 0.252 e. The molecular weight excluding hydrogens is 364 g/mol. The van der Waals surface area contributed by atoms with Gasteiger partial charge in [0, 0.05) is 42.1 Å². The van der Waals surface area contributed by atoms with Crippen LogP contribution in [0.5, 0.6) is 0 Å². The summed E-state index contributed by atoms with van der Waals surface area (Å²) in [6.45, 7) is 4.79. The molecule has 3 atom stereocenters. The summed E-state index contributed by atoms with van der Waals surface area (Å²) in [7, 11) is 0. The van der Waals surface area contributed by atoms with Gasteiger partial charge in [-0.05, 0) is 43.9 Å². The molecule has 5 heteroatoms. The van der Waals surface area contributed by atoms with E-state index in [-0.39, 0.29) is 12.0 Å². The molecule has 29 heavy (non-hydrogen) atoms. The van der Waals surface area contributed by atoms with Gasteiger partial charge < -0.3 is 14.4 Å². The van der Waals surface area contributed by atoms with E-state index in [0.29, 0.717) is 31.0 Å². The number of carbonyl (C=O) groups excluding carboxylic acids is 1. The first-order chi connectivity index (χ1) is 14.2. The van der Waals surface area contributed by atoms with Gasteiger partial charge in [0.1, 0.15) is 6.10 Å². The monoisotopic (exact) mass is 394 g/mol. The van der Waals surface area contributed by atoms with Crippen LogP contribution in [0.25, 0.3) is 10.9 Å². The molecule has 1 aromatic heterocycles. The van der Waals surface area contributed by atoms with Crippen LogP contribution in [0.3, 0.4) is 0 Å². The Kier molecular flexibility index (Phi) is 5.27. The van der Waals surface area contributed by atoms with Crippen molar-refractivity contribution in [1.82, 2.24) is 9.88 Å². The number of benzene rings is 1. The molecule has 5 nitrogen and oxygen atoms in total. The van der Waals surface area contributed by atoms with Gasteiger partial charge in [-0.15, -0.1) is 0 Å². The zero-order chi connectivity index (χ0) is 19.8. The number of carbonyl (C=O) groups is 1. The molecule has 1 amide bonds. The van der Waals surface area contributed by atoms with E-state index in [2.05, 4.69) is 34.1 Å². The summed E-state index contributed by atoms with van der Waals surface area (Å²) >= 11 is 0. The summed E-state index contributed by atoms with van der Waals surface area (Å²) < 4.78 is 11.7. The van der Waals surface area contributed by atoms with Gasteiger partial charge in [0.2, 0.25) is 0 Å². The Morgan fingerprint density at radius 2 is 2.00 bits per heavy atom. The summed E-state index contributed by atoms with van der Waals surface area (Å²) in [6, 6.07) is 10.7. The number of amides is 1. The van der Waals surface area contributed by atoms with E-state index in [1.807, 2.05) is 13.0 Å². The molecule has 5 rings (SSSR count). The highest BCUT2D eigenvalue weighted by atomic mass is 16.5. The Morgan fingerprint density at radius 1 is 1.17 bits per heavy atom. The maximum absolute atomic E-state index is 13.8. The summed E-state index contributed by atoms with van der Waals surface area (Å²) in [5.74, 6) is 0.855. The number of aryl methyl sites for hydroxylation is 1. The van der Waals surface area contributed by atoms with Crippen molar-refractivity contribution in [3.63, 3.8) is 0 Å². The minimum absolute atomic E-state index is 0.185. The number of para-hydroxylation sites is 1. The molecule has 1 aromatic carbocycles. The van der Waals surface area contributed by atoms with Crippen molar-refractivity contribution in [2.45, 2.75) is 57.7 Å². The number of ether oxygens (including phenoxy) is 2. The van der Waals surface area contributed by atoms with Crippen molar-refractivity contribution in [3.05, 3.63) is 41.6 Å². The molecule has 0 bridgehead atoms. The van der Waals surface area contributed by atoms with Gasteiger partial charge in [-0.2, -0.15) is 0 Å². The lowest BCUT2D eigenvalue weighted by atomic mass is 9.86. The molecule has 3 fully saturated rings. The average molecular weight is 395 g/mol. The predicted octanol–water partition coefficient (Wildman–Crippen LogP) is 3.87. The van der Waals surface area contributed by atoms with Gasteiger partial charge in [0.25, 0.3) is 5.91 Å². The zero-order valence-electron chi connectivity index (χ0n) is 17.2. The molecule has 2 saturated heterocycles. The van der Waals surface area contributed by atoms with Crippen LogP contribution < -0.4 is 0 Å². The number of hydrogen-bond donors (Lipinski definition) is 0. The Bertz CT molecular complexity index is 893. The topological polar surface area (TPSA) is 51.7 Å².